The Morgan fingerprint density at radius 1 is 0.395 bits per heavy atom. The highest BCUT2D eigenvalue weighted by Crippen LogP contribution is 2.50. The van der Waals surface area contributed by atoms with Crippen molar-refractivity contribution in [3.8, 4) is 56.0 Å². The maximum absolute atomic E-state index is 6.12. The van der Waals surface area contributed by atoms with E-state index in [2.05, 4.69) is 115 Å². The number of rotatable bonds is 5. The van der Waals surface area contributed by atoms with E-state index >= 15 is 0 Å². The van der Waals surface area contributed by atoms with E-state index in [1.54, 1.807) is 0 Å². The molecule has 0 amide bonds. The highest BCUT2D eigenvalue weighted by atomic mass is 16.5. The maximum Gasteiger partial charge on any atom is 0.127 e. The molecule has 0 saturated carbocycles. The molecule has 0 aromatic heterocycles. The van der Waals surface area contributed by atoms with Crippen molar-refractivity contribution in [2.24, 2.45) is 0 Å². The molecular weight excluding hydrogens is 460 g/mol. The summed E-state index contributed by atoms with van der Waals surface area (Å²) in [5.74, 6) is 1.67. The van der Waals surface area contributed by atoms with Crippen molar-refractivity contribution in [2.75, 3.05) is 0 Å². The van der Waals surface area contributed by atoms with Crippen LogP contribution in [0, 0.1) is 0 Å². The quantitative estimate of drug-likeness (QED) is 0.235. The summed E-state index contributed by atoms with van der Waals surface area (Å²) in [5.41, 5.74) is 12.9. The molecule has 1 nitrogen and oxygen atoms in total. The minimum atomic E-state index is 0.834. The summed E-state index contributed by atoms with van der Waals surface area (Å²) >= 11 is 0. The van der Waals surface area contributed by atoms with Crippen LogP contribution in [0.4, 0.5) is 0 Å². The second kappa shape index (κ2) is 9.53. The highest BCUT2D eigenvalue weighted by molar-refractivity contribution is 6.01. The van der Waals surface area contributed by atoms with E-state index < -0.39 is 0 Å². The van der Waals surface area contributed by atoms with E-state index in [1.165, 1.54) is 55.6 Å². The summed E-state index contributed by atoms with van der Waals surface area (Å²) in [6.45, 7) is 0. The number of hydrogen-bond donors (Lipinski definition) is 0. The van der Waals surface area contributed by atoms with E-state index in [0.717, 1.165) is 17.9 Å². The fourth-order valence-corrected chi connectivity index (χ4v) is 5.66. The van der Waals surface area contributed by atoms with Gasteiger partial charge in [0.15, 0.2) is 0 Å². The molecule has 180 valence electrons. The Hall–Kier alpha value is -4.88. The van der Waals surface area contributed by atoms with Crippen molar-refractivity contribution < 1.29 is 4.74 Å². The van der Waals surface area contributed by atoms with Crippen LogP contribution in [-0.2, 0) is 6.42 Å². The third-order valence-electron chi connectivity index (χ3n) is 7.38. The van der Waals surface area contributed by atoms with Gasteiger partial charge in [-0.1, -0.05) is 115 Å². The molecule has 0 N–H and O–H groups in total. The zero-order valence-corrected chi connectivity index (χ0v) is 21.0. The number of hydrogen-bond acceptors (Lipinski definition) is 1. The molecule has 7 rings (SSSR count). The first-order valence-electron chi connectivity index (χ1n) is 13.1. The molecular formula is C37H26O. The molecule has 1 aliphatic rings. The summed E-state index contributed by atoms with van der Waals surface area (Å²) < 4.78 is 6.12. The standard InChI is InChI=1S/C37H26O/c1-4-12-26(13-5-1)33-25-34-32-19-11-10-16-29(32)24-35(34)37(36(33)27-14-6-2-7-15-27)28-20-22-31(23-21-28)38-30-17-8-3-9-18-30/h1-23,25H,24H2. The average molecular weight is 487 g/mol. The molecule has 1 heteroatoms. The van der Waals surface area contributed by atoms with Crippen LogP contribution in [0.5, 0.6) is 11.5 Å². The van der Waals surface area contributed by atoms with Crippen molar-refractivity contribution in [1.82, 2.24) is 0 Å². The Balaban J connectivity index is 1.47. The van der Waals surface area contributed by atoms with Gasteiger partial charge < -0.3 is 4.74 Å². The van der Waals surface area contributed by atoms with Crippen molar-refractivity contribution in [3.05, 3.63) is 157 Å². The summed E-state index contributed by atoms with van der Waals surface area (Å²) in [4.78, 5) is 0. The third kappa shape index (κ3) is 3.99. The zero-order valence-electron chi connectivity index (χ0n) is 21.0. The molecule has 0 saturated heterocycles. The largest absolute Gasteiger partial charge is 0.457 e. The van der Waals surface area contributed by atoms with Gasteiger partial charge in [0.25, 0.3) is 0 Å². The van der Waals surface area contributed by atoms with E-state index in [9.17, 15) is 0 Å². The number of benzene rings is 6. The molecule has 0 atom stereocenters. The molecule has 6 aromatic carbocycles. The second-order valence-corrected chi connectivity index (χ2v) is 9.71. The van der Waals surface area contributed by atoms with Crippen molar-refractivity contribution in [3.63, 3.8) is 0 Å². The van der Waals surface area contributed by atoms with E-state index in [0.29, 0.717) is 0 Å². The number of para-hydroxylation sites is 1. The first-order valence-corrected chi connectivity index (χ1v) is 13.1. The molecule has 0 spiro atoms. The summed E-state index contributed by atoms with van der Waals surface area (Å²) in [5, 5.41) is 0. The number of fused-ring (bicyclic) bond motifs is 3. The van der Waals surface area contributed by atoms with Gasteiger partial charge in [0, 0.05) is 0 Å². The minimum absolute atomic E-state index is 0.834. The van der Waals surface area contributed by atoms with Crippen LogP contribution in [0.2, 0.25) is 0 Å². The molecule has 6 aromatic rings. The molecule has 0 unspecified atom stereocenters. The van der Waals surface area contributed by atoms with Gasteiger partial charge in [0.1, 0.15) is 11.5 Å². The van der Waals surface area contributed by atoms with E-state index in [-0.39, 0.29) is 0 Å². The molecule has 38 heavy (non-hydrogen) atoms. The Kier molecular flexibility index (Phi) is 5.60. The topological polar surface area (TPSA) is 9.23 Å². The van der Waals surface area contributed by atoms with Crippen LogP contribution < -0.4 is 4.74 Å². The lowest BCUT2D eigenvalue weighted by molar-refractivity contribution is 0.483. The summed E-state index contributed by atoms with van der Waals surface area (Å²) in [6.07, 6.45) is 0.929. The van der Waals surface area contributed by atoms with Crippen LogP contribution in [0.3, 0.4) is 0 Å². The second-order valence-electron chi connectivity index (χ2n) is 9.71. The maximum atomic E-state index is 6.12. The normalized spacial score (nSPS) is 11.6. The van der Waals surface area contributed by atoms with E-state index in [4.69, 9.17) is 4.74 Å². The van der Waals surface area contributed by atoms with Gasteiger partial charge >= 0.3 is 0 Å². The Bertz CT molecular complexity index is 1720. The molecule has 0 aliphatic heterocycles. The lowest BCUT2D eigenvalue weighted by atomic mass is 9.82. The van der Waals surface area contributed by atoms with Crippen LogP contribution in [0.15, 0.2) is 146 Å². The molecule has 0 bridgehead atoms. The lowest BCUT2D eigenvalue weighted by Crippen LogP contribution is -1.97. The van der Waals surface area contributed by atoms with Gasteiger partial charge in [-0.15, -0.1) is 0 Å². The first kappa shape index (κ1) is 22.3. The lowest BCUT2D eigenvalue weighted by Gasteiger charge is -2.21. The highest BCUT2D eigenvalue weighted by Gasteiger charge is 2.27. The van der Waals surface area contributed by atoms with Gasteiger partial charge in [-0.3, -0.25) is 0 Å². The smallest absolute Gasteiger partial charge is 0.127 e. The predicted octanol–water partition coefficient (Wildman–Crippen LogP) is 10.1. The van der Waals surface area contributed by atoms with Crippen LogP contribution in [-0.4, -0.2) is 0 Å². The fourth-order valence-electron chi connectivity index (χ4n) is 5.66. The first-order chi connectivity index (χ1) is 18.8. The van der Waals surface area contributed by atoms with Gasteiger partial charge in [0.2, 0.25) is 0 Å². The van der Waals surface area contributed by atoms with Crippen LogP contribution in [0.25, 0.3) is 44.5 Å². The molecule has 1 aliphatic carbocycles. The predicted molar refractivity (Wildman–Crippen MR) is 158 cm³/mol. The Morgan fingerprint density at radius 3 is 1.66 bits per heavy atom. The Labute approximate surface area is 223 Å². The SMILES string of the molecule is c1ccc(Oc2ccc(-c3c4c(cc(-c5ccccc5)c3-c3ccccc3)-c3ccccc3C4)cc2)cc1. The van der Waals surface area contributed by atoms with Crippen LogP contribution in [0.1, 0.15) is 11.1 Å². The van der Waals surface area contributed by atoms with Gasteiger partial charge in [-0.05, 0) is 92.4 Å². The molecule has 0 radical (unpaired) electrons. The minimum Gasteiger partial charge on any atom is -0.457 e. The average Bonchev–Trinajstić information content (AvgIpc) is 3.36. The van der Waals surface area contributed by atoms with E-state index in [1.807, 2.05) is 30.3 Å². The summed E-state index contributed by atoms with van der Waals surface area (Å²) in [7, 11) is 0. The third-order valence-corrected chi connectivity index (χ3v) is 7.38. The molecule has 0 heterocycles. The van der Waals surface area contributed by atoms with Crippen molar-refractivity contribution in [2.45, 2.75) is 6.42 Å². The van der Waals surface area contributed by atoms with Crippen molar-refractivity contribution >= 4 is 0 Å². The zero-order chi connectivity index (χ0) is 25.3. The van der Waals surface area contributed by atoms with Crippen molar-refractivity contribution in [1.29, 1.82) is 0 Å². The summed E-state index contributed by atoms with van der Waals surface area (Å²) in [6, 6.07) is 51.3. The molecule has 0 fully saturated rings. The monoisotopic (exact) mass is 486 g/mol. The number of ether oxygens (including phenoxy) is 1. The van der Waals surface area contributed by atoms with Gasteiger partial charge in [-0.25, -0.2) is 0 Å². The van der Waals surface area contributed by atoms with Gasteiger partial charge in [0.05, 0.1) is 0 Å². The fraction of sp³-hybridized carbons (Fsp3) is 0.0270. The Morgan fingerprint density at radius 2 is 0.947 bits per heavy atom. The van der Waals surface area contributed by atoms with Crippen LogP contribution >= 0.6 is 0 Å². The van der Waals surface area contributed by atoms with Gasteiger partial charge in [-0.2, -0.15) is 0 Å².